The molecule has 0 aliphatic heterocycles. The molecule has 1 N–H and O–H groups in total. The molecule has 0 bridgehead atoms. The standard InChI is InChI=1S/C7H4BClN2/c8-5-1-2-6(9)7-4(5)3-10-11-7/h1-3H,(H,10,11). The minimum absolute atomic E-state index is 0.645. The van der Waals surface area contributed by atoms with Crippen LogP contribution in [0.4, 0.5) is 0 Å². The lowest BCUT2D eigenvalue weighted by Gasteiger charge is -1.95. The van der Waals surface area contributed by atoms with Gasteiger partial charge in [0, 0.05) is 5.39 Å². The Morgan fingerprint density at radius 3 is 3.00 bits per heavy atom. The molecule has 1 heterocycles. The predicted octanol–water partition coefficient (Wildman–Crippen LogP) is 1.01. The van der Waals surface area contributed by atoms with Crippen molar-refractivity contribution in [2.45, 2.75) is 0 Å². The highest BCUT2D eigenvalue weighted by Crippen LogP contribution is 2.17. The first-order valence-electron chi connectivity index (χ1n) is 3.16. The average molecular weight is 162 g/mol. The molecule has 1 aromatic carbocycles. The molecule has 1 aromatic heterocycles. The Morgan fingerprint density at radius 1 is 1.45 bits per heavy atom. The van der Waals surface area contributed by atoms with Gasteiger partial charge in [-0.1, -0.05) is 23.1 Å². The molecule has 2 radical (unpaired) electrons. The lowest BCUT2D eigenvalue weighted by Crippen LogP contribution is -2.01. The summed E-state index contributed by atoms with van der Waals surface area (Å²) in [7, 11) is 5.65. The third-order valence-electron chi connectivity index (χ3n) is 1.60. The maximum absolute atomic E-state index is 5.84. The van der Waals surface area contributed by atoms with Gasteiger partial charge < -0.3 is 0 Å². The minimum Gasteiger partial charge on any atom is -0.276 e. The van der Waals surface area contributed by atoms with E-state index in [9.17, 15) is 0 Å². The van der Waals surface area contributed by atoms with Gasteiger partial charge in [0.2, 0.25) is 0 Å². The Bertz CT molecular complexity index is 360. The van der Waals surface area contributed by atoms with E-state index >= 15 is 0 Å². The lowest BCUT2D eigenvalue weighted by molar-refractivity contribution is 1.12. The molecule has 0 fully saturated rings. The molecule has 2 nitrogen and oxygen atoms in total. The Balaban J connectivity index is 2.96. The third-order valence-corrected chi connectivity index (χ3v) is 1.91. The van der Waals surface area contributed by atoms with Gasteiger partial charge in [-0.25, -0.2) is 0 Å². The highest BCUT2D eigenvalue weighted by atomic mass is 35.5. The second kappa shape index (κ2) is 2.27. The molecule has 0 saturated heterocycles. The molecular weight excluding hydrogens is 158 g/mol. The van der Waals surface area contributed by atoms with Crippen LogP contribution in [0.2, 0.25) is 5.02 Å². The summed E-state index contributed by atoms with van der Waals surface area (Å²) in [4.78, 5) is 0. The van der Waals surface area contributed by atoms with E-state index in [2.05, 4.69) is 10.2 Å². The van der Waals surface area contributed by atoms with Gasteiger partial charge in [-0.2, -0.15) is 5.10 Å². The fourth-order valence-electron chi connectivity index (χ4n) is 1.02. The highest BCUT2D eigenvalue weighted by molar-refractivity contribution is 6.42. The lowest BCUT2D eigenvalue weighted by atomic mass is 9.93. The number of nitrogens with one attached hydrogen (secondary N) is 1. The molecule has 11 heavy (non-hydrogen) atoms. The van der Waals surface area contributed by atoms with E-state index in [1.165, 1.54) is 0 Å². The van der Waals surface area contributed by atoms with Gasteiger partial charge in [0.05, 0.1) is 16.7 Å². The predicted molar refractivity (Wildman–Crippen MR) is 46.5 cm³/mol. The molecule has 0 amide bonds. The van der Waals surface area contributed by atoms with Crippen molar-refractivity contribution in [3.63, 3.8) is 0 Å². The number of H-pyrrole nitrogens is 1. The van der Waals surface area contributed by atoms with Gasteiger partial charge in [-0.15, -0.1) is 0 Å². The van der Waals surface area contributed by atoms with Crippen molar-refractivity contribution >= 4 is 35.8 Å². The van der Waals surface area contributed by atoms with Gasteiger partial charge in [-0.05, 0) is 6.07 Å². The summed E-state index contributed by atoms with van der Waals surface area (Å²) in [6, 6.07) is 3.51. The van der Waals surface area contributed by atoms with E-state index < -0.39 is 0 Å². The maximum atomic E-state index is 5.84. The van der Waals surface area contributed by atoms with Crippen molar-refractivity contribution in [3.8, 4) is 0 Å². The van der Waals surface area contributed by atoms with Crippen LogP contribution in [0.25, 0.3) is 10.9 Å². The van der Waals surface area contributed by atoms with Crippen LogP contribution in [-0.4, -0.2) is 18.0 Å². The van der Waals surface area contributed by atoms with Crippen LogP contribution in [-0.2, 0) is 0 Å². The average Bonchev–Trinajstić information content (AvgIpc) is 2.45. The van der Waals surface area contributed by atoms with E-state index in [1.807, 2.05) is 0 Å². The summed E-state index contributed by atoms with van der Waals surface area (Å²) >= 11 is 5.84. The van der Waals surface area contributed by atoms with E-state index in [1.54, 1.807) is 18.3 Å². The van der Waals surface area contributed by atoms with Gasteiger partial charge >= 0.3 is 0 Å². The number of aromatic amines is 1. The molecule has 0 spiro atoms. The fourth-order valence-corrected chi connectivity index (χ4v) is 1.23. The van der Waals surface area contributed by atoms with Gasteiger partial charge in [0.25, 0.3) is 0 Å². The van der Waals surface area contributed by atoms with Crippen LogP contribution in [0.1, 0.15) is 0 Å². The number of rotatable bonds is 0. The number of nitrogens with zero attached hydrogens (tertiary/aromatic N) is 1. The Kier molecular flexibility index (Phi) is 1.39. The minimum atomic E-state index is 0.645. The maximum Gasteiger partial charge on any atom is 0.114 e. The molecule has 4 heteroatoms. The molecule has 2 rings (SSSR count). The SMILES string of the molecule is [B]c1ccc(Cl)c2[nH]ncc12. The number of aromatic nitrogens is 2. The molecular formula is C7H4BClN2. The Labute approximate surface area is 70.0 Å². The second-order valence-corrected chi connectivity index (χ2v) is 2.70. The smallest absolute Gasteiger partial charge is 0.114 e. The topological polar surface area (TPSA) is 28.7 Å². The summed E-state index contributed by atoms with van der Waals surface area (Å²) in [5.41, 5.74) is 1.49. The first kappa shape index (κ1) is 6.74. The monoisotopic (exact) mass is 162 g/mol. The zero-order chi connectivity index (χ0) is 7.84. The number of hydrogen-bond donors (Lipinski definition) is 1. The van der Waals surface area contributed by atoms with Crippen LogP contribution in [0, 0.1) is 0 Å². The highest BCUT2D eigenvalue weighted by Gasteiger charge is 2.01. The van der Waals surface area contributed by atoms with Crippen LogP contribution in [0.3, 0.4) is 0 Å². The first-order chi connectivity index (χ1) is 5.29. The number of hydrogen-bond acceptors (Lipinski definition) is 1. The Morgan fingerprint density at radius 2 is 2.27 bits per heavy atom. The van der Waals surface area contributed by atoms with E-state index in [4.69, 9.17) is 19.4 Å². The van der Waals surface area contributed by atoms with Gasteiger partial charge in [0.15, 0.2) is 0 Å². The molecule has 0 aliphatic carbocycles. The van der Waals surface area contributed by atoms with Crippen LogP contribution in [0.15, 0.2) is 18.3 Å². The normalized spacial score (nSPS) is 10.6. The van der Waals surface area contributed by atoms with Crippen molar-refractivity contribution < 1.29 is 0 Å². The van der Waals surface area contributed by atoms with Crippen molar-refractivity contribution in [2.75, 3.05) is 0 Å². The number of benzene rings is 1. The van der Waals surface area contributed by atoms with Gasteiger partial charge in [-0.3, -0.25) is 5.10 Å². The van der Waals surface area contributed by atoms with Crippen molar-refractivity contribution in [1.82, 2.24) is 10.2 Å². The van der Waals surface area contributed by atoms with Crippen LogP contribution >= 0.6 is 11.6 Å². The number of fused-ring (bicyclic) bond motifs is 1. The van der Waals surface area contributed by atoms with Crippen LogP contribution < -0.4 is 5.46 Å². The summed E-state index contributed by atoms with van der Waals surface area (Å²) in [6.45, 7) is 0. The Hall–Kier alpha value is -0.955. The summed E-state index contributed by atoms with van der Waals surface area (Å²) < 4.78 is 0. The largest absolute Gasteiger partial charge is 0.276 e. The molecule has 0 atom stereocenters. The molecule has 0 unspecified atom stereocenters. The third kappa shape index (κ3) is 0.924. The molecule has 52 valence electrons. The zero-order valence-corrected chi connectivity index (χ0v) is 6.39. The van der Waals surface area contributed by atoms with Crippen molar-refractivity contribution in [2.24, 2.45) is 0 Å². The van der Waals surface area contributed by atoms with E-state index in [-0.39, 0.29) is 0 Å². The molecule has 0 saturated carbocycles. The fraction of sp³-hybridized carbons (Fsp3) is 0. The van der Waals surface area contributed by atoms with Crippen molar-refractivity contribution in [1.29, 1.82) is 0 Å². The first-order valence-corrected chi connectivity index (χ1v) is 3.54. The molecule has 2 aromatic rings. The summed E-state index contributed by atoms with van der Waals surface area (Å²) in [5, 5.41) is 8.12. The van der Waals surface area contributed by atoms with E-state index in [0.29, 0.717) is 10.5 Å². The van der Waals surface area contributed by atoms with Crippen molar-refractivity contribution in [3.05, 3.63) is 23.4 Å². The molecule has 0 aliphatic rings. The van der Waals surface area contributed by atoms with E-state index in [0.717, 1.165) is 10.9 Å². The quantitative estimate of drug-likeness (QED) is 0.576. The van der Waals surface area contributed by atoms with Gasteiger partial charge in [0.1, 0.15) is 7.85 Å². The number of halogens is 1. The second-order valence-electron chi connectivity index (χ2n) is 2.30. The summed E-state index contributed by atoms with van der Waals surface area (Å²) in [5.74, 6) is 0. The zero-order valence-electron chi connectivity index (χ0n) is 5.63. The summed E-state index contributed by atoms with van der Waals surface area (Å²) in [6.07, 6.45) is 1.66. The van der Waals surface area contributed by atoms with Crippen LogP contribution in [0.5, 0.6) is 0 Å².